The highest BCUT2D eigenvalue weighted by molar-refractivity contribution is 6.36. The Morgan fingerprint density at radius 3 is 2.29 bits per heavy atom. The van der Waals surface area contributed by atoms with E-state index in [-0.39, 0.29) is 5.92 Å². The highest BCUT2D eigenvalue weighted by atomic mass is 35.5. The van der Waals surface area contributed by atoms with Gasteiger partial charge in [-0.05, 0) is 54.2 Å². The van der Waals surface area contributed by atoms with Gasteiger partial charge in [0.1, 0.15) is 5.75 Å². The molecule has 0 bridgehead atoms. The molecule has 0 radical (unpaired) electrons. The normalized spacial score (nSPS) is 12.2. The van der Waals surface area contributed by atoms with Crippen molar-refractivity contribution < 1.29 is 4.74 Å². The minimum Gasteiger partial charge on any atom is -0.497 e. The van der Waals surface area contributed by atoms with Crippen LogP contribution in [0.15, 0.2) is 42.5 Å². The lowest BCUT2D eigenvalue weighted by molar-refractivity contribution is 0.414. The molecule has 0 aliphatic heterocycles. The monoisotopic (exact) mass is 342 g/mol. The van der Waals surface area contributed by atoms with Crippen LogP contribution in [0.4, 0.5) is 0 Å². The molecule has 0 aliphatic rings. The molecule has 0 aromatic heterocycles. The van der Waals surface area contributed by atoms with Gasteiger partial charge >= 0.3 is 0 Å². The Hall–Kier alpha value is -0.890. The number of hydrogen-bond acceptors (Lipinski definition) is 1. The van der Waals surface area contributed by atoms with Crippen molar-refractivity contribution in [3.63, 3.8) is 0 Å². The number of benzene rings is 2. The fourth-order valence-corrected chi connectivity index (χ4v) is 3.10. The predicted octanol–water partition coefficient (Wildman–Crippen LogP) is 5.64. The lowest BCUT2D eigenvalue weighted by Crippen LogP contribution is -2.11. The molecule has 0 spiro atoms. The zero-order valence-corrected chi connectivity index (χ0v) is 14.1. The van der Waals surface area contributed by atoms with Crippen LogP contribution in [0, 0.1) is 5.92 Å². The quantitative estimate of drug-likeness (QED) is 0.616. The summed E-state index contributed by atoms with van der Waals surface area (Å²) in [6.07, 6.45) is 1.63. The second-order valence-electron chi connectivity index (χ2n) is 4.98. The molecule has 0 saturated carbocycles. The highest BCUT2D eigenvalue weighted by Gasteiger charge is 2.14. The number of ether oxygens (including phenoxy) is 1. The first kappa shape index (κ1) is 16.5. The van der Waals surface area contributed by atoms with Gasteiger partial charge in [-0.3, -0.25) is 0 Å². The topological polar surface area (TPSA) is 9.23 Å². The first-order valence-corrected chi connectivity index (χ1v) is 8.05. The molecule has 1 nitrogen and oxygen atoms in total. The summed E-state index contributed by atoms with van der Waals surface area (Å²) in [7, 11) is 1.67. The number of alkyl halides is 1. The van der Waals surface area contributed by atoms with E-state index in [0.717, 1.165) is 24.2 Å². The minimum atomic E-state index is 0.274. The molecule has 4 heteroatoms. The van der Waals surface area contributed by atoms with Gasteiger partial charge < -0.3 is 4.74 Å². The fourth-order valence-electron chi connectivity index (χ4n) is 2.33. The molecule has 21 heavy (non-hydrogen) atoms. The van der Waals surface area contributed by atoms with Gasteiger partial charge in [-0.15, -0.1) is 11.6 Å². The largest absolute Gasteiger partial charge is 0.497 e. The summed E-state index contributed by atoms with van der Waals surface area (Å²) in [6, 6.07) is 13.6. The molecule has 2 aromatic carbocycles. The van der Waals surface area contributed by atoms with Gasteiger partial charge in [-0.2, -0.15) is 0 Å². The Balaban J connectivity index is 2.13. The van der Waals surface area contributed by atoms with Crippen LogP contribution >= 0.6 is 34.8 Å². The second kappa shape index (κ2) is 7.93. The van der Waals surface area contributed by atoms with Crippen molar-refractivity contribution in [2.75, 3.05) is 13.0 Å². The van der Waals surface area contributed by atoms with Crippen molar-refractivity contribution in [3.8, 4) is 5.75 Å². The SMILES string of the molecule is COc1cccc(CC(CCl)Cc2c(Cl)cccc2Cl)c1. The summed E-state index contributed by atoms with van der Waals surface area (Å²) in [6.45, 7) is 0. The average molecular weight is 344 g/mol. The Labute approximate surface area is 140 Å². The molecule has 1 atom stereocenters. The van der Waals surface area contributed by atoms with Gasteiger partial charge in [0.2, 0.25) is 0 Å². The van der Waals surface area contributed by atoms with E-state index >= 15 is 0 Å². The maximum absolute atomic E-state index is 6.23. The molecule has 112 valence electrons. The molecule has 0 amide bonds. The second-order valence-corrected chi connectivity index (χ2v) is 6.10. The maximum atomic E-state index is 6.23. The van der Waals surface area contributed by atoms with Crippen molar-refractivity contribution >= 4 is 34.8 Å². The van der Waals surface area contributed by atoms with Crippen LogP contribution in [0.1, 0.15) is 11.1 Å². The van der Waals surface area contributed by atoms with E-state index in [1.165, 1.54) is 5.56 Å². The van der Waals surface area contributed by atoms with E-state index in [1.807, 2.05) is 36.4 Å². The third-order valence-electron chi connectivity index (χ3n) is 3.43. The van der Waals surface area contributed by atoms with Crippen LogP contribution in [0.25, 0.3) is 0 Å². The lowest BCUT2D eigenvalue weighted by Gasteiger charge is -2.16. The lowest BCUT2D eigenvalue weighted by atomic mass is 9.94. The zero-order valence-electron chi connectivity index (χ0n) is 11.8. The van der Waals surface area contributed by atoms with Crippen LogP contribution in [0.2, 0.25) is 10.0 Å². The molecular weight excluding hydrogens is 327 g/mol. The van der Waals surface area contributed by atoms with E-state index in [4.69, 9.17) is 39.5 Å². The number of methoxy groups -OCH3 is 1. The van der Waals surface area contributed by atoms with Crippen LogP contribution < -0.4 is 4.74 Å². The molecule has 0 N–H and O–H groups in total. The molecule has 0 fully saturated rings. The number of rotatable bonds is 6. The molecule has 0 aliphatic carbocycles. The predicted molar refractivity (Wildman–Crippen MR) is 91.1 cm³/mol. The first-order chi connectivity index (χ1) is 10.1. The van der Waals surface area contributed by atoms with E-state index in [1.54, 1.807) is 7.11 Å². The van der Waals surface area contributed by atoms with E-state index < -0.39 is 0 Å². The third-order valence-corrected chi connectivity index (χ3v) is 4.58. The van der Waals surface area contributed by atoms with E-state index in [9.17, 15) is 0 Å². The van der Waals surface area contributed by atoms with Gasteiger partial charge in [0, 0.05) is 15.9 Å². The average Bonchev–Trinajstić information content (AvgIpc) is 2.50. The molecular formula is C17H17Cl3O. The Bertz CT molecular complexity index is 578. The molecule has 1 unspecified atom stereocenters. The van der Waals surface area contributed by atoms with Crippen molar-refractivity contribution in [1.82, 2.24) is 0 Å². The van der Waals surface area contributed by atoms with Crippen LogP contribution in [-0.4, -0.2) is 13.0 Å². The summed E-state index contributed by atoms with van der Waals surface area (Å²) in [5, 5.41) is 1.39. The number of hydrogen-bond donors (Lipinski definition) is 0. The minimum absolute atomic E-state index is 0.274. The maximum Gasteiger partial charge on any atom is 0.119 e. The summed E-state index contributed by atoms with van der Waals surface area (Å²) in [5.41, 5.74) is 2.16. The van der Waals surface area contributed by atoms with Crippen LogP contribution in [0.5, 0.6) is 5.75 Å². The summed E-state index contributed by atoms with van der Waals surface area (Å²) < 4.78 is 5.25. The highest BCUT2D eigenvalue weighted by Crippen LogP contribution is 2.28. The molecule has 0 heterocycles. The summed E-state index contributed by atoms with van der Waals surface area (Å²) >= 11 is 18.6. The smallest absolute Gasteiger partial charge is 0.119 e. The Morgan fingerprint density at radius 1 is 1.00 bits per heavy atom. The Kier molecular flexibility index (Phi) is 6.22. The zero-order chi connectivity index (χ0) is 15.2. The summed E-state index contributed by atoms with van der Waals surface area (Å²) in [4.78, 5) is 0. The molecule has 2 aromatic rings. The van der Waals surface area contributed by atoms with Crippen LogP contribution in [0.3, 0.4) is 0 Å². The van der Waals surface area contributed by atoms with Gasteiger partial charge in [-0.1, -0.05) is 41.4 Å². The van der Waals surface area contributed by atoms with Crippen molar-refractivity contribution in [3.05, 3.63) is 63.6 Å². The van der Waals surface area contributed by atoms with E-state index in [2.05, 4.69) is 6.07 Å². The van der Waals surface area contributed by atoms with Crippen molar-refractivity contribution in [1.29, 1.82) is 0 Å². The first-order valence-electron chi connectivity index (χ1n) is 6.75. The van der Waals surface area contributed by atoms with Crippen molar-refractivity contribution in [2.24, 2.45) is 5.92 Å². The standard InChI is InChI=1S/C17H17Cl3O/c1-21-14-5-2-4-12(9-14)8-13(11-18)10-15-16(19)6-3-7-17(15)20/h2-7,9,13H,8,10-11H2,1H3. The van der Waals surface area contributed by atoms with Gasteiger partial charge in [0.05, 0.1) is 7.11 Å². The van der Waals surface area contributed by atoms with E-state index in [0.29, 0.717) is 15.9 Å². The molecule has 0 saturated heterocycles. The fraction of sp³-hybridized carbons (Fsp3) is 0.294. The number of halogens is 3. The van der Waals surface area contributed by atoms with Crippen molar-refractivity contribution in [2.45, 2.75) is 12.8 Å². The Morgan fingerprint density at radius 2 is 1.67 bits per heavy atom. The van der Waals surface area contributed by atoms with Gasteiger partial charge in [0.25, 0.3) is 0 Å². The molecule has 2 rings (SSSR count). The van der Waals surface area contributed by atoms with Gasteiger partial charge in [-0.25, -0.2) is 0 Å². The third kappa shape index (κ3) is 4.54. The van der Waals surface area contributed by atoms with Crippen LogP contribution in [-0.2, 0) is 12.8 Å². The summed E-state index contributed by atoms with van der Waals surface area (Å²) in [5.74, 6) is 1.69. The van der Waals surface area contributed by atoms with Gasteiger partial charge in [0.15, 0.2) is 0 Å².